The van der Waals surface area contributed by atoms with Crippen LogP contribution in [0.25, 0.3) is 11.1 Å². The van der Waals surface area contributed by atoms with E-state index in [1.165, 1.54) is 18.6 Å². The van der Waals surface area contributed by atoms with Crippen LogP contribution in [0.4, 0.5) is 4.39 Å². The van der Waals surface area contributed by atoms with Gasteiger partial charge < -0.3 is 9.52 Å². The molecule has 0 aliphatic carbocycles. The number of aliphatic hydroxyl groups excluding tert-OH is 1. The van der Waals surface area contributed by atoms with E-state index in [2.05, 4.69) is 16.8 Å². The number of oxazole rings is 1. The maximum atomic E-state index is 13.1. The first-order chi connectivity index (χ1) is 9.72. The summed E-state index contributed by atoms with van der Waals surface area (Å²) in [5.41, 5.74) is 1.14. The number of benzene rings is 1. The molecule has 0 fully saturated rings. The molecule has 0 unspecified atom stereocenters. The number of nitrogens with zero attached hydrogens (tertiary/aromatic N) is 2. The Labute approximate surface area is 118 Å². The van der Waals surface area contributed by atoms with Gasteiger partial charge in [-0.3, -0.25) is 4.90 Å². The smallest absolute Gasteiger partial charge is 0.209 e. The number of aliphatic hydroxyl groups is 1. The Bertz CT molecular complexity index is 542. The largest absolute Gasteiger partial charge is 0.439 e. The van der Waals surface area contributed by atoms with Gasteiger partial charge in [0.25, 0.3) is 0 Å². The molecule has 1 aromatic heterocycles. The van der Waals surface area contributed by atoms with Crippen LogP contribution in [0.2, 0.25) is 0 Å². The molecule has 110 valence electrons. The van der Waals surface area contributed by atoms with Gasteiger partial charge >= 0.3 is 0 Å². The Kier molecular flexibility index (Phi) is 5.49. The summed E-state index contributed by atoms with van der Waals surface area (Å²) in [5.74, 6) is 0.253. The minimum Gasteiger partial charge on any atom is -0.439 e. The summed E-state index contributed by atoms with van der Waals surface area (Å²) in [4.78, 5) is 6.40. The van der Waals surface area contributed by atoms with Gasteiger partial charge in [-0.05, 0) is 25.1 Å². The number of hydrogen-bond donors (Lipinski definition) is 1. The molecule has 2 rings (SSSR count). The summed E-state index contributed by atoms with van der Waals surface area (Å²) < 4.78 is 18.7. The highest BCUT2D eigenvalue weighted by atomic mass is 19.1. The van der Waals surface area contributed by atoms with E-state index in [0.29, 0.717) is 30.1 Å². The minimum atomic E-state index is -0.312. The fraction of sp³-hybridized carbons (Fsp3) is 0.533. The highest BCUT2D eigenvalue weighted by molar-refractivity contribution is 5.72. The molecule has 0 bridgehead atoms. The van der Waals surface area contributed by atoms with Gasteiger partial charge in [-0.2, -0.15) is 0 Å². The Morgan fingerprint density at radius 1 is 1.30 bits per heavy atom. The van der Waals surface area contributed by atoms with Crippen molar-refractivity contribution >= 4 is 11.1 Å². The van der Waals surface area contributed by atoms with Crippen LogP contribution in [0.1, 0.15) is 32.1 Å². The maximum absolute atomic E-state index is 13.1. The molecule has 0 amide bonds. The number of hydrogen-bond acceptors (Lipinski definition) is 4. The molecule has 4 nitrogen and oxygen atoms in total. The van der Waals surface area contributed by atoms with Crippen LogP contribution in [-0.2, 0) is 6.54 Å². The Hall–Kier alpha value is -1.46. The number of rotatable bonds is 8. The number of unbranched alkanes of at least 4 members (excludes halogenated alkanes) is 2. The molecule has 0 saturated carbocycles. The van der Waals surface area contributed by atoms with Gasteiger partial charge in [0.2, 0.25) is 5.89 Å². The van der Waals surface area contributed by atoms with Crippen molar-refractivity contribution in [3.8, 4) is 0 Å². The van der Waals surface area contributed by atoms with E-state index in [0.717, 1.165) is 19.4 Å². The zero-order valence-electron chi connectivity index (χ0n) is 11.8. The Morgan fingerprint density at radius 2 is 2.15 bits per heavy atom. The normalized spacial score (nSPS) is 11.6. The lowest BCUT2D eigenvalue weighted by atomic mass is 10.2. The summed E-state index contributed by atoms with van der Waals surface area (Å²) >= 11 is 0. The lowest BCUT2D eigenvalue weighted by Gasteiger charge is -2.19. The number of aromatic nitrogens is 1. The number of fused-ring (bicyclic) bond motifs is 1. The molecule has 1 heterocycles. The second kappa shape index (κ2) is 7.36. The summed E-state index contributed by atoms with van der Waals surface area (Å²) in [6.45, 7) is 4.31. The first kappa shape index (κ1) is 14.9. The van der Waals surface area contributed by atoms with Gasteiger partial charge in [0.1, 0.15) is 11.3 Å². The molecule has 0 aliphatic heterocycles. The van der Waals surface area contributed by atoms with Gasteiger partial charge in [-0.15, -0.1) is 0 Å². The van der Waals surface area contributed by atoms with E-state index in [1.807, 2.05) is 0 Å². The Balaban J connectivity index is 2.03. The van der Waals surface area contributed by atoms with Crippen molar-refractivity contribution in [1.29, 1.82) is 0 Å². The van der Waals surface area contributed by atoms with Crippen LogP contribution in [0.15, 0.2) is 22.6 Å². The molecule has 1 aromatic carbocycles. The van der Waals surface area contributed by atoms with Gasteiger partial charge in [0.15, 0.2) is 5.58 Å². The third kappa shape index (κ3) is 4.02. The average molecular weight is 280 g/mol. The standard InChI is InChI=1S/C15H21FN2O2/c1-2-3-4-7-18(8-9-19)11-15-17-13-10-12(16)5-6-14(13)20-15/h5-6,10,19H,2-4,7-9,11H2,1H3. The quantitative estimate of drug-likeness (QED) is 0.755. The minimum absolute atomic E-state index is 0.112. The van der Waals surface area contributed by atoms with Gasteiger partial charge in [-0.25, -0.2) is 9.37 Å². The molecule has 1 N–H and O–H groups in total. The predicted molar refractivity (Wildman–Crippen MR) is 75.9 cm³/mol. The molecule has 0 saturated heterocycles. The van der Waals surface area contributed by atoms with Crippen molar-refractivity contribution in [3.63, 3.8) is 0 Å². The van der Waals surface area contributed by atoms with Crippen LogP contribution >= 0.6 is 0 Å². The second-order valence-electron chi connectivity index (χ2n) is 4.93. The third-order valence-corrected chi connectivity index (χ3v) is 3.25. The molecule has 0 radical (unpaired) electrons. The van der Waals surface area contributed by atoms with Crippen molar-refractivity contribution in [2.75, 3.05) is 19.7 Å². The number of halogens is 1. The van der Waals surface area contributed by atoms with E-state index >= 15 is 0 Å². The highest BCUT2D eigenvalue weighted by Gasteiger charge is 2.11. The monoisotopic (exact) mass is 280 g/mol. The first-order valence-corrected chi connectivity index (χ1v) is 7.11. The zero-order valence-corrected chi connectivity index (χ0v) is 11.8. The summed E-state index contributed by atoms with van der Waals surface area (Å²) in [7, 11) is 0. The van der Waals surface area contributed by atoms with Crippen molar-refractivity contribution in [3.05, 3.63) is 29.9 Å². The highest BCUT2D eigenvalue weighted by Crippen LogP contribution is 2.17. The fourth-order valence-corrected chi connectivity index (χ4v) is 2.20. The molecule has 0 aliphatic rings. The fourth-order valence-electron chi connectivity index (χ4n) is 2.20. The van der Waals surface area contributed by atoms with Gasteiger partial charge in [0, 0.05) is 12.6 Å². The Morgan fingerprint density at radius 3 is 2.90 bits per heavy atom. The van der Waals surface area contributed by atoms with E-state index < -0.39 is 0 Å². The summed E-state index contributed by atoms with van der Waals surface area (Å²) in [5, 5.41) is 9.11. The maximum Gasteiger partial charge on any atom is 0.209 e. The second-order valence-corrected chi connectivity index (χ2v) is 4.93. The predicted octanol–water partition coefficient (Wildman–Crippen LogP) is 2.95. The summed E-state index contributed by atoms with van der Waals surface area (Å²) in [6.07, 6.45) is 3.42. The molecule has 20 heavy (non-hydrogen) atoms. The summed E-state index contributed by atoms with van der Waals surface area (Å²) in [6, 6.07) is 4.33. The zero-order chi connectivity index (χ0) is 14.4. The molecule has 5 heteroatoms. The molecular formula is C15H21FN2O2. The van der Waals surface area contributed by atoms with Gasteiger partial charge in [0.05, 0.1) is 13.2 Å². The van der Waals surface area contributed by atoms with Crippen molar-refractivity contribution in [2.24, 2.45) is 0 Å². The molecule has 2 aromatic rings. The van der Waals surface area contributed by atoms with Crippen LogP contribution < -0.4 is 0 Å². The van der Waals surface area contributed by atoms with Crippen molar-refractivity contribution < 1.29 is 13.9 Å². The van der Waals surface area contributed by atoms with Crippen molar-refractivity contribution in [1.82, 2.24) is 9.88 Å². The lowest BCUT2D eigenvalue weighted by Crippen LogP contribution is -2.27. The first-order valence-electron chi connectivity index (χ1n) is 7.11. The average Bonchev–Trinajstić information content (AvgIpc) is 2.80. The topological polar surface area (TPSA) is 49.5 Å². The van der Waals surface area contributed by atoms with E-state index in [9.17, 15) is 4.39 Å². The van der Waals surface area contributed by atoms with Crippen LogP contribution in [-0.4, -0.2) is 34.7 Å². The lowest BCUT2D eigenvalue weighted by molar-refractivity contribution is 0.177. The van der Waals surface area contributed by atoms with E-state index in [-0.39, 0.29) is 12.4 Å². The van der Waals surface area contributed by atoms with Crippen LogP contribution in [0, 0.1) is 5.82 Å². The molecular weight excluding hydrogens is 259 g/mol. The molecule has 0 spiro atoms. The third-order valence-electron chi connectivity index (χ3n) is 3.25. The van der Waals surface area contributed by atoms with E-state index in [4.69, 9.17) is 9.52 Å². The van der Waals surface area contributed by atoms with E-state index in [1.54, 1.807) is 6.07 Å². The van der Waals surface area contributed by atoms with Crippen molar-refractivity contribution in [2.45, 2.75) is 32.7 Å². The molecule has 0 atom stereocenters. The SMILES string of the molecule is CCCCCN(CCO)Cc1nc2cc(F)ccc2o1. The van der Waals surface area contributed by atoms with Crippen LogP contribution in [0.5, 0.6) is 0 Å². The van der Waals surface area contributed by atoms with Crippen LogP contribution in [0.3, 0.4) is 0 Å². The van der Waals surface area contributed by atoms with Gasteiger partial charge in [-0.1, -0.05) is 19.8 Å².